The highest BCUT2D eigenvalue weighted by Gasteiger charge is 2.15. The summed E-state index contributed by atoms with van der Waals surface area (Å²) in [7, 11) is 0. The van der Waals surface area contributed by atoms with Crippen LogP contribution in [0.2, 0.25) is 10.4 Å². The minimum atomic E-state index is 0.0776. The maximum atomic E-state index is 6.08. The van der Waals surface area contributed by atoms with Crippen molar-refractivity contribution in [3.63, 3.8) is 0 Å². The molecule has 3 rings (SSSR count). The fraction of sp³-hybridized carbons (Fsp3) is 0.176. The Balaban J connectivity index is 1.77. The molecule has 0 fully saturated rings. The molecule has 0 bridgehead atoms. The Morgan fingerprint density at radius 2 is 1.88 bits per heavy atom. The standard InChI is InChI=1S/C17H16Cl2N6/c1-12-15(18)22-17(19)23-16(12)25(20-2)11-14-6-4-13(5-7-14)10-24-9-3-8-21-24/h3-9H,2,10-11H2,1H3. The molecule has 0 saturated heterocycles. The molecule has 3 aromatic rings. The van der Waals surface area contributed by atoms with Gasteiger partial charge in [0.25, 0.3) is 0 Å². The number of nitrogens with zero attached hydrogens (tertiary/aromatic N) is 6. The number of rotatable bonds is 6. The van der Waals surface area contributed by atoms with Crippen molar-refractivity contribution in [3.05, 3.63) is 69.9 Å². The van der Waals surface area contributed by atoms with Gasteiger partial charge in [-0.1, -0.05) is 35.9 Å². The Morgan fingerprint density at radius 1 is 1.16 bits per heavy atom. The van der Waals surface area contributed by atoms with Crippen LogP contribution < -0.4 is 5.01 Å². The fourth-order valence-electron chi connectivity index (χ4n) is 2.40. The first-order valence-corrected chi connectivity index (χ1v) is 8.31. The predicted octanol–water partition coefficient (Wildman–Crippen LogP) is 3.96. The number of hydrogen-bond donors (Lipinski definition) is 0. The van der Waals surface area contributed by atoms with Gasteiger partial charge in [0.15, 0.2) is 5.82 Å². The summed E-state index contributed by atoms with van der Waals surface area (Å²) in [5.41, 5.74) is 2.92. The third-order valence-electron chi connectivity index (χ3n) is 3.71. The lowest BCUT2D eigenvalue weighted by Crippen LogP contribution is -2.18. The zero-order valence-corrected chi connectivity index (χ0v) is 15.1. The first kappa shape index (κ1) is 17.4. The minimum absolute atomic E-state index is 0.0776. The highest BCUT2D eigenvalue weighted by Crippen LogP contribution is 2.26. The number of benzene rings is 1. The van der Waals surface area contributed by atoms with Crippen molar-refractivity contribution < 1.29 is 0 Å². The number of hydrazone groups is 1. The molecule has 0 saturated carbocycles. The van der Waals surface area contributed by atoms with Crippen molar-refractivity contribution in [2.24, 2.45) is 5.10 Å². The Hall–Kier alpha value is -2.44. The maximum Gasteiger partial charge on any atom is 0.225 e. The lowest BCUT2D eigenvalue weighted by atomic mass is 10.1. The number of anilines is 1. The van der Waals surface area contributed by atoms with Gasteiger partial charge >= 0.3 is 0 Å². The van der Waals surface area contributed by atoms with E-state index in [1.54, 1.807) is 11.2 Å². The average molecular weight is 375 g/mol. The lowest BCUT2D eigenvalue weighted by Gasteiger charge is -2.20. The van der Waals surface area contributed by atoms with Gasteiger partial charge in [-0.05, 0) is 35.7 Å². The molecule has 2 aromatic heterocycles. The summed E-state index contributed by atoms with van der Waals surface area (Å²) in [4.78, 5) is 8.15. The third-order valence-corrected chi connectivity index (χ3v) is 4.24. The van der Waals surface area contributed by atoms with Gasteiger partial charge in [-0.3, -0.25) is 4.68 Å². The molecule has 0 radical (unpaired) electrons. The van der Waals surface area contributed by atoms with Crippen LogP contribution in [-0.2, 0) is 13.1 Å². The highest BCUT2D eigenvalue weighted by molar-refractivity contribution is 6.32. The van der Waals surface area contributed by atoms with E-state index >= 15 is 0 Å². The Morgan fingerprint density at radius 3 is 2.52 bits per heavy atom. The van der Waals surface area contributed by atoms with Crippen molar-refractivity contribution in [3.8, 4) is 0 Å². The topological polar surface area (TPSA) is 59.2 Å². The molecule has 0 aliphatic heterocycles. The summed E-state index contributed by atoms with van der Waals surface area (Å²) in [6.45, 7) is 6.66. The summed E-state index contributed by atoms with van der Waals surface area (Å²) < 4.78 is 1.88. The van der Waals surface area contributed by atoms with Crippen LogP contribution in [0, 0.1) is 6.92 Å². The highest BCUT2D eigenvalue weighted by atomic mass is 35.5. The van der Waals surface area contributed by atoms with Crippen LogP contribution in [0.4, 0.5) is 5.82 Å². The van der Waals surface area contributed by atoms with E-state index < -0.39 is 0 Å². The summed E-state index contributed by atoms with van der Waals surface area (Å²) in [5.74, 6) is 0.542. The van der Waals surface area contributed by atoms with Crippen LogP contribution in [0.15, 0.2) is 47.8 Å². The first-order chi connectivity index (χ1) is 12.1. The molecule has 2 heterocycles. The van der Waals surface area contributed by atoms with Crippen LogP contribution in [0.5, 0.6) is 0 Å². The van der Waals surface area contributed by atoms with Crippen LogP contribution in [0.3, 0.4) is 0 Å². The summed E-state index contributed by atoms with van der Waals surface area (Å²) in [6, 6.07) is 10.1. The summed E-state index contributed by atoms with van der Waals surface area (Å²) in [6.07, 6.45) is 3.70. The fourth-order valence-corrected chi connectivity index (χ4v) is 2.77. The molecule has 0 aliphatic carbocycles. The Labute approximate surface area is 155 Å². The van der Waals surface area contributed by atoms with E-state index in [1.165, 1.54) is 0 Å². The Kier molecular flexibility index (Phi) is 5.31. The van der Waals surface area contributed by atoms with Gasteiger partial charge in [0.1, 0.15) is 5.15 Å². The molecule has 0 spiro atoms. The van der Waals surface area contributed by atoms with E-state index in [9.17, 15) is 0 Å². The molecular weight excluding hydrogens is 359 g/mol. The van der Waals surface area contributed by atoms with E-state index in [0.29, 0.717) is 23.1 Å². The lowest BCUT2D eigenvalue weighted by molar-refractivity contribution is 0.686. The molecule has 6 nitrogen and oxygen atoms in total. The van der Waals surface area contributed by atoms with E-state index in [0.717, 1.165) is 17.7 Å². The second kappa shape index (κ2) is 7.63. The largest absolute Gasteiger partial charge is 0.268 e. The first-order valence-electron chi connectivity index (χ1n) is 7.56. The molecule has 0 unspecified atom stereocenters. The van der Waals surface area contributed by atoms with Crippen LogP contribution in [-0.4, -0.2) is 26.5 Å². The van der Waals surface area contributed by atoms with E-state index in [4.69, 9.17) is 23.2 Å². The van der Waals surface area contributed by atoms with Crippen LogP contribution >= 0.6 is 23.2 Å². The number of hydrogen-bond acceptors (Lipinski definition) is 5. The number of halogens is 2. The number of aromatic nitrogens is 4. The van der Waals surface area contributed by atoms with Crippen LogP contribution in [0.1, 0.15) is 16.7 Å². The van der Waals surface area contributed by atoms with E-state index in [1.807, 2.05) is 36.0 Å². The van der Waals surface area contributed by atoms with E-state index in [2.05, 4.69) is 39.0 Å². The van der Waals surface area contributed by atoms with Gasteiger partial charge in [-0.15, -0.1) is 0 Å². The second-order valence-electron chi connectivity index (χ2n) is 5.45. The second-order valence-corrected chi connectivity index (χ2v) is 6.15. The average Bonchev–Trinajstić information content (AvgIpc) is 3.10. The summed E-state index contributed by atoms with van der Waals surface area (Å²) >= 11 is 12.0. The SMILES string of the molecule is C=NN(Cc1ccc(Cn2cccn2)cc1)c1nc(Cl)nc(Cl)c1C. The normalized spacial score (nSPS) is 10.7. The Bertz CT molecular complexity index is 862. The van der Waals surface area contributed by atoms with Gasteiger partial charge in [-0.25, -0.2) is 9.99 Å². The molecule has 8 heteroatoms. The van der Waals surface area contributed by atoms with Crippen molar-refractivity contribution >= 4 is 35.7 Å². The van der Waals surface area contributed by atoms with Gasteiger partial charge in [0, 0.05) is 24.7 Å². The molecule has 0 aliphatic rings. The molecule has 0 atom stereocenters. The maximum absolute atomic E-state index is 6.08. The zero-order chi connectivity index (χ0) is 17.8. The molecule has 25 heavy (non-hydrogen) atoms. The predicted molar refractivity (Wildman–Crippen MR) is 100 cm³/mol. The summed E-state index contributed by atoms with van der Waals surface area (Å²) in [5, 5.41) is 10.3. The van der Waals surface area contributed by atoms with Crippen molar-refractivity contribution in [2.75, 3.05) is 5.01 Å². The minimum Gasteiger partial charge on any atom is -0.268 e. The van der Waals surface area contributed by atoms with E-state index in [-0.39, 0.29) is 5.28 Å². The molecular formula is C17H16Cl2N6. The van der Waals surface area contributed by atoms with Crippen molar-refractivity contribution in [1.82, 2.24) is 19.7 Å². The zero-order valence-electron chi connectivity index (χ0n) is 13.6. The third kappa shape index (κ3) is 4.15. The molecule has 0 N–H and O–H groups in total. The smallest absolute Gasteiger partial charge is 0.225 e. The van der Waals surface area contributed by atoms with Gasteiger partial charge in [0.2, 0.25) is 5.28 Å². The quantitative estimate of drug-likeness (QED) is 0.283. The monoisotopic (exact) mass is 374 g/mol. The molecule has 128 valence electrons. The molecule has 1 aromatic carbocycles. The van der Waals surface area contributed by atoms with Gasteiger partial charge in [0.05, 0.1) is 13.1 Å². The van der Waals surface area contributed by atoms with Crippen molar-refractivity contribution in [2.45, 2.75) is 20.0 Å². The van der Waals surface area contributed by atoms with Gasteiger partial charge < -0.3 is 0 Å². The van der Waals surface area contributed by atoms with Crippen LogP contribution in [0.25, 0.3) is 0 Å². The van der Waals surface area contributed by atoms with Crippen molar-refractivity contribution in [1.29, 1.82) is 0 Å². The van der Waals surface area contributed by atoms with Gasteiger partial charge in [-0.2, -0.15) is 15.2 Å². The molecule has 0 amide bonds.